The maximum atomic E-state index is 13.2. The number of carbonyl (C=O) groups excluding carboxylic acids is 2. The molecule has 0 bridgehead atoms. The summed E-state index contributed by atoms with van der Waals surface area (Å²) in [5, 5.41) is 9.37. The molecule has 8 nitrogen and oxygen atoms in total. The summed E-state index contributed by atoms with van der Waals surface area (Å²) < 4.78 is 50.4. The van der Waals surface area contributed by atoms with Crippen LogP contribution in [0.2, 0.25) is 0 Å². The Morgan fingerprint density at radius 1 is 1.15 bits per heavy atom. The maximum absolute atomic E-state index is 13.2. The predicted molar refractivity (Wildman–Crippen MR) is 140 cm³/mol. The molecule has 1 atom stereocenters. The molecule has 2 amide bonds. The molecule has 3 aromatic carbocycles. The van der Waals surface area contributed by atoms with Gasteiger partial charge < -0.3 is 25.6 Å². The fourth-order valence-corrected chi connectivity index (χ4v) is 4.37. The lowest BCUT2D eigenvalue weighted by molar-refractivity contribution is -0.114. The second-order valence-electron chi connectivity index (χ2n) is 9.15. The van der Waals surface area contributed by atoms with E-state index < -0.39 is 29.5 Å². The molecular weight excluding hydrogens is 513 g/mol. The SMILES string of the molecule is C=C(F)C(=O)Nc1ccc(-c2ccc3onc(N)c3c2-c2ccc(C(=O)NCC3CC3(F)F)c(OC)c2)cc1. The first kappa shape index (κ1) is 25.8. The molecule has 1 aromatic heterocycles. The van der Waals surface area contributed by atoms with E-state index in [-0.39, 0.29) is 30.1 Å². The molecule has 5 rings (SSSR count). The van der Waals surface area contributed by atoms with E-state index in [4.69, 9.17) is 15.0 Å². The number of halogens is 3. The summed E-state index contributed by atoms with van der Waals surface area (Å²) in [7, 11) is 1.40. The molecule has 1 aliphatic rings. The third kappa shape index (κ3) is 5.02. The summed E-state index contributed by atoms with van der Waals surface area (Å²) in [5.41, 5.74) is 9.87. The minimum Gasteiger partial charge on any atom is -0.496 e. The van der Waals surface area contributed by atoms with Crippen LogP contribution in [-0.2, 0) is 4.79 Å². The van der Waals surface area contributed by atoms with E-state index in [1.54, 1.807) is 48.5 Å². The number of nitrogen functional groups attached to an aromatic ring is 1. The van der Waals surface area contributed by atoms with Crippen LogP contribution in [0.1, 0.15) is 16.8 Å². The Morgan fingerprint density at radius 3 is 2.49 bits per heavy atom. The van der Waals surface area contributed by atoms with Crippen LogP contribution in [0.25, 0.3) is 33.2 Å². The number of nitrogens with zero attached hydrogens (tertiary/aromatic N) is 1. The molecule has 1 unspecified atom stereocenters. The molecule has 0 aliphatic heterocycles. The van der Waals surface area contributed by atoms with Gasteiger partial charge in [-0.3, -0.25) is 9.59 Å². The number of aromatic nitrogens is 1. The van der Waals surface area contributed by atoms with Crippen LogP contribution in [0.4, 0.5) is 24.7 Å². The molecule has 200 valence electrons. The highest BCUT2D eigenvalue weighted by molar-refractivity contribution is 6.08. The van der Waals surface area contributed by atoms with Crippen molar-refractivity contribution in [3.63, 3.8) is 0 Å². The monoisotopic (exact) mass is 536 g/mol. The van der Waals surface area contributed by atoms with Gasteiger partial charge in [0.15, 0.2) is 17.2 Å². The van der Waals surface area contributed by atoms with E-state index in [0.717, 1.165) is 11.1 Å². The average Bonchev–Trinajstić information content (AvgIpc) is 3.37. The van der Waals surface area contributed by atoms with Crippen molar-refractivity contribution in [1.82, 2.24) is 10.5 Å². The molecule has 0 saturated heterocycles. The van der Waals surface area contributed by atoms with E-state index in [1.165, 1.54) is 7.11 Å². The number of anilines is 2. The lowest BCUT2D eigenvalue weighted by atomic mass is 9.91. The number of benzene rings is 3. The van der Waals surface area contributed by atoms with Crippen molar-refractivity contribution in [1.29, 1.82) is 0 Å². The Kier molecular flexibility index (Phi) is 6.51. The third-order valence-electron chi connectivity index (χ3n) is 6.57. The van der Waals surface area contributed by atoms with Gasteiger partial charge in [-0.15, -0.1) is 0 Å². The number of ether oxygens (including phenoxy) is 1. The normalized spacial score (nSPS) is 15.5. The van der Waals surface area contributed by atoms with Crippen molar-refractivity contribution in [3.05, 3.63) is 72.6 Å². The summed E-state index contributed by atoms with van der Waals surface area (Å²) in [6.45, 7) is 2.85. The van der Waals surface area contributed by atoms with Crippen LogP contribution in [-0.4, -0.2) is 36.5 Å². The zero-order valence-electron chi connectivity index (χ0n) is 20.7. The topological polar surface area (TPSA) is 119 Å². The average molecular weight is 537 g/mol. The van der Waals surface area contributed by atoms with Gasteiger partial charge in [-0.2, -0.15) is 0 Å². The molecule has 1 saturated carbocycles. The highest BCUT2D eigenvalue weighted by atomic mass is 19.3. The standard InChI is InChI=1S/C28H23F3N4O4/c1-14(29)26(36)34-18-6-3-15(4-7-18)19-9-10-21-24(25(32)35-39-21)23(19)16-5-8-20(22(11-16)38-2)27(37)33-13-17-12-28(17,30)31/h3-11,17H,1,12-13H2,2H3,(H2,32,35)(H,33,37)(H,34,36). The zero-order valence-corrected chi connectivity index (χ0v) is 20.7. The number of amides is 2. The van der Waals surface area contributed by atoms with E-state index in [1.807, 2.05) is 6.07 Å². The highest BCUT2D eigenvalue weighted by Gasteiger charge is 2.56. The van der Waals surface area contributed by atoms with E-state index in [0.29, 0.717) is 27.8 Å². The van der Waals surface area contributed by atoms with Crippen molar-refractivity contribution in [2.24, 2.45) is 5.92 Å². The molecule has 11 heteroatoms. The smallest absolute Gasteiger partial charge is 0.283 e. The Bertz CT molecular complexity index is 1620. The number of methoxy groups -OCH3 is 1. The lowest BCUT2D eigenvalue weighted by Gasteiger charge is -2.15. The Balaban J connectivity index is 1.53. The van der Waals surface area contributed by atoms with Crippen LogP contribution in [0, 0.1) is 5.92 Å². The molecule has 4 N–H and O–H groups in total. The first-order valence-electron chi connectivity index (χ1n) is 11.9. The van der Waals surface area contributed by atoms with Gasteiger partial charge in [0, 0.05) is 30.1 Å². The van der Waals surface area contributed by atoms with Gasteiger partial charge in [-0.1, -0.05) is 29.9 Å². The predicted octanol–water partition coefficient (Wildman–Crippen LogP) is 5.56. The summed E-state index contributed by atoms with van der Waals surface area (Å²) in [6, 6.07) is 15.1. The molecular formula is C28H23F3N4O4. The van der Waals surface area contributed by atoms with Crippen molar-refractivity contribution in [2.45, 2.75) is 12.3 Å². The first-order valence-corrected chi connectivity index (χ1v) is 11.9. The summed E-state index contributed by atoms with van der Waals surface area (Å²) in [4.78, 5) is 24.4. The molecule has 0 radical (unpaired) electrons. The van der Waals surface area contributed by atoms with E-state index >= 15 is 0 Å². The molecule has 0 spiro atoms. The van der Waals surface area contributed by atoms with Gasteiger partial charge in [-0.25, -0.2) is 13.2 Å². The molecule has 1 heterocycles. The minimum absolute atomic E-state index is 0.132. The van der Waals surface area contributed by atoms with Gasteiger partial charge in [0.05, 0.1) is 18.1 Å². The first-order chi connectivity index (χ1) is 18.6. The van der Waals surface area contributed by atoms with Crippen LogP contribution in [0.5, 0.6) is 5.75 Å². The lowest BCUT2D eigenvalue weighted by Crippen LogP contribution is -2.27. The summed E-state index contributed by atoms with van der Waals surface area (Å²) >= 11 is 0. The fourth-order valence-electron chi connectivity index (χ4n) is 4.37. The van der Waals surface area contributed by atoms with Crippen LogP contribution >= 0.6 is 0 Å². The molecule has 1 aliphatic carbocycles. The number of carbonyl (C=O) groups is 2. The highest BCUT2D eigenvalue weighted by Crippen LogP contribution is 2.48. The van der Waals surface area contributed by atoms with Crippen molar-refractivity contribution in [2.75, 3.05) is 24.7 Å². The van der Waals surface area contributed by atoms with E-state index in [2.05, 4.69) is 22.4 Å². The minimum atomic E-state index is -2.74. The quantitative estimate of drug-likeness (QED) is 0.254. The van der Waals surface area contributed by atoms with Crippen LogP contribution in [0.3, 0.4) is 0 Å². The number of rotatable bonds is 8. The van der Waals surface area contributed by atoms with Gasteiger partial charge in [-0.05, 0) is 53.1 Å². The third-order valence-corrected chi connectivity index (χ3v) is 6.57. The number of hydrogen-bond donors (Lipinski definition) is 3. The number of alkyl halides is 2. The largest absolute Gasteiger partial charge is 0.496 e. The van der Waals surface area contributed by atoms with Crippen molar-refractivity contribution in [3.8, 4) is 28.0 Å². The number of nitrogens with one attached hydrogen (secondary N) is 2. The Morgan fingerprint density at radius 2 is 1.85 bits per heavy atom. The fraction of sp³-hybridized carbons (Fsp3) is 0.179. The number of nitrogens with two attached hydrogens (primary N) is 1. The summed E-state index contributed by atoms with van der Waals surface area (Å²) in [5.74, 6) is -5.79. The van der Waals surface area contributed by atoms with Gasteiger partial charge in [0.2, 0.25) is 0 Å². The second-order valence-corrected chi connectivity index (χ2v) is 9.15. The number of fused-ring (bicyclic) bond motifs is 1. The second kappa shape index (κ2) is 9.82. The Hall–Kier alpha value is -4.80. The molecule has 39 heavy (non-hydrogen) atoms. The Labute approximate surface area is 220 Å². The molecule has 1 fully saturated rings. The van der Waals surface area contributed by atoms with Crippen molar-refractivity contribution < 1.29 is 32.0 Å². The number of hydrogen-bond acceptors (Lipinski definition) is 6. The van der Waals surface area contributed by atoms with Crippen molar-refractivity contribution >= 4 is 34.3 Å². The van der Waals surface area contributed by atoms with Crippen LogP contribution in [0.15, 0.2) is 71.5 Å². The van der Waals surface area contributed by atoms with Crippen LogP contribution < -0.4 is 21.1 Å². The van der Waals surface area contributed by atoms with Gasteiger partial charge >= 0.3 is 0 Å². The summed E-state index contributed by atoms with van der Waals surface area (Å²) in [6.07, 6.45) is -0.241. The van der Waals surface area contributed by atoms with Gasteiger partial charge in [0.1, 0.15) is 5.75 Å². The van der Waals surface area contributed by atoms with Gasteiger partial charge in [0.25, 0.3) is 17.7 Å². The molecule has 4 aromatic rings. The zero-order chi connectivity index (χ0) is 27.9. The van der Waals surface area contributed by atoms with E-state index in [9.17, 15) is 22.8 Å². The maximum Gasteiger partial charge on any atom is 0.283 e.